The number of hydrazine groups is 1. The van der Waals surface area contributed by atoms with Crippen LogP contribution in [-0.4, -0.2) is 35.4 Å². The second-order valence-corrected chi connectivity index (χ2v) is 8.66. The lowest BCUT2D eigenvalue weighted by Gasteiger charge is -2.16. The van der Waals surface area contributed by atoms with E-state index in [2.05, 4.69) is 5.43 Å². The molecule has 0 spiro atoms. The van der Waals surface area contributed by atoms with E-state index in [1.807, 2.05) is 48.5 Å². The molecule has 1 N–H and O–H groups in total. The molecule has 0 saturated carbocycles. The van der Waals surface area contributed by atoms with Crippen molar-refractivity contribution in [1.82, 2.24) is 10.4 Å². The number of ether oxygens (including phenoxy) is 2. The van der Waals surface area contributed by atoms with Crippen LogP contribution < -0.4 is 14.9 Å². The third-order valence-corrected chi connectivity index (χ3v) is 6.27. The van der Waals surface area contributed by atoms with Crippen molar-refractivity contribution < 1.29 is 19.1 Å². The first kappa shape index (κ1) is 21.9. The molecule has 0 atom stereocenters. The van der Waals surface area contributed by atoms with Crippen molar-refractivity contribution in [3.8, 4) is 11.5 Å². The van der Waals surface area contributed by atoms with Crippen LogP contribution in [-0.2, 0) is 16.0 Å². The van der Waals surface area contributed by atoms with Crippen LogP contribution >= 0.6 is 24.0 Å². The number of rotatable bonds is 6. The Morgan fingerprint density at radius 3 is 2.59 bits per heavy atom. The number of thiocarbonyl (C=S) groups is 1. The number of nitrogens with one attached hydrogen (secondary N) is 1. The predicted octanol–water partition coefficient (Wildman–Crippen LogP) is 4.33. The minimum absolute atomic E-state index is 0.132. The number of methoxy groups -OCH3 is 2. The lowest BCUT2D eigenvalue weighted by molar-refractivity contribution is -0.132. The van der Waals surface area contributed by atoms with E-state index in [-0.39, 0.29) is 22.6 Å². The van der Waals surface area contributed by atoms with Crippen LogP contribution in [0.25, 0.3) is 16.8 Å². The molecule has 4 rings (SSSR count). The molecule has 8 heteroatoms. The first-order valence-corrected chi connectivity index (χ1v) is 11.0. The minimum Gasteiger partial charge on any atom is -0.493 e. The number of hydrogen-bond acceptors (Lipinski definition) is 6. The fourth-order valence-corrected chi connectivity index (χ4v) is 4.62. The number of fused-ring (bicyclic) bond motifs is 1. The van der Waals surface area contributed by atoms with E-state index in [1.165, 1.54) is 0 Å². The summed E-state index contributed by atoms with van der Waals surface area (Å²) >= 11 is 6.46. The summed E-state index contributed by atoms with van der Waals surface area (Å²) in [5.41, 5.74) is 4.28. The lowest BCUT2D eigenvalue weighted by atomic mass is 10.0. The molecule has 1 aliphatic heterocycles. The molecule has 1 saturated heterocycles. The molecule has 0 unspecified atom stereocenters. The Bertz CT molecular complexity index is 1250. The van der Waals surface area contributed by atoms with E-state index in [1.54, 1.807) is 32.4 Å². The van der Waals surface area contributed by atoms with E-state index in [0.29, 0.717) is 16.4 Å². The number of amides is 2. The van der Waals surface area contributed by atoms with Crippen LogP contribution in [0.2, 0.25) is 0 Å². The van der Waals surface area contributed by atoms with Gasteiger partial charge in [0, 0.05) is 0 Å². The van der Waals surface area contributed by atoms with Crippen molar-refractivity contribution in [2.75, 3.05) is 14.2 Å². The summed E-state index contributed by atoms with van der Waals surface area (Å²) in [6.07, 6.45) is 1.84. The molecule has 1 aliphatic rings. The highest BCUT2D eigenvalue weighted by Gasteiger charge is 2.33. The summed E-state index contributed by atoms with van der Waals surface area (Å²) in [5.74, 6) is 0.462. The van der Waals surface area contributed by atoms with E-state index >= 15 is 0 Å². The Morgan fingerprint density at radius 2 is 1.81 bits per heavy atom. The Morgan fingerprint density at radius 1 is 1.06 bits per heavy atom. The van der Waals surface area contributed by atoms with Crippen molar-refractivity contribution in [3.63, 3.8) is 0 Å². The summed E-state index contributed by atoms with van der Waals surface area (Å²) in [7, 11) is 3.11. The van der Waals surface area contributed by atoms with Gasteiger partial charge in [0.1, 0.15) is 0 Å². The summed E-state index contributed by atoms with van der Waals surface area (Å²) < 4.78 is 10.8. The quantitative estimate of drug-likeness (QED) is 0.433. The number of hydrogen-bond donors (Lipinski definition) is 1. The van der Waals surface area contributed by atoms with Gasteiger partial charge in [-0.1, -0.05) is 60.3 Å². The maximum atomic E-state index is 12.9. The molecule has 3 aromatic carbocycles. The van der Waals surface area contributed by atoms with Gasteiger partial charge in [0.05, 0.1) is 25.5 Å². The number of carbonyl (C=O) groups is 2. The molecule has 2 amide bonds. The van der Waals surface area contributed by atoms with E-state index in [0.717, 1.165) is 38.7 Å². The highest BCUT2D eigenvalue weighted by molar-refractivity contribution is 8.26. The SMILES string of the molecule is COc1ccc(C=C2SC(=S)N(NC(=O)Cc3cccc4ccccc34)C2=O)cc1OC. The van der Waals surface area contributed by atoms with Crippen LogP contribution in [0.5, 0.6) is 11.5 Å². The maximum Gasteiger partial charge on any atom is 0.285 e. The van der Waals surface area contributed by atoms with Gasteiger partial charge in [0.2, 0.25) is 5.91 Å². The van der Waals surface area contributed by atoms with Gasteiger partial charge in [-0.25, -0.2) is 0 Å². The van der Waals surface area contributed by atoms with Gasteiger partial charge in [-0.05, 0) is 52.3 Å². The minimum atomic E-state index is -0.374. The monoisotopic (exact) mass is 464 g/mol. The van der Waals surface area contributed by atoms with Crippen LogP contribution in [0.3, 0.4) is 0 Å². The fraction of sp³-hybridized carbons (Fsp3) is 0.125. The van der Waals surface area contributed by atoms with Gasteiger partial charge in [-0.3, -0.25) is 15.0 Å². The molecule has 0 aliphatic carbocycles. The molecule has 0 radical (unpaired) electrons. The topological polar surface area (TPSA) is 67.9 Å². The third-order valence-electron chi connectivity index (χ3n) is 4.97. The molecule has 1 heterocycles. The molecule has 32 heavy (non-hydrogen) atoms. The zero-order valence-corrected chi connectivity index (χ0v) is 19.1. The fourth-order valence-electron chi connectivity index (χ4n) is 3.44. The van der Waals surface area contributed by atoms with E-state index in [4.69, 9.17) is 21.7 Å². The van der Waals surface area contributed by atoms with Crippen LogP contribution in [0.1, 0.15) is 11.1 Å². The Kier molecular flexibility index (Phi) is 6.43. The zero-order valence-electron chi connectivity index (χ0n) is 17.5. The second kappa shape index (κ2) is 9.42. The molecule has 3 aromatic rings. The maximum absolute atomic E-state index is 12.9. The Balaban J connectivity index is 1.49. The Labute approximate surface area is 195 Å². The summed E-state index contributed by atoms with van der Waals surface area (Å²) in [4.78, 5) is 26.0. The third kappa shape index (κ3) is 4.46. The Hall–Kier alpha value is -3.36. The van der Waals surface area contributed by atoms with Crippen molar-refractivity contribution in [2.45, 2.75) is 6.42 Å². The van der Waals surface area contributed by atoms with Gasteiger partial charge in [0.25, 0.3) is 5.91 Å². The predicted molar refractivity (Wildman–Crippen MR) is 130 cm³/mol. The van der Waals surface area contributed by atoms with Crippen LogP contribution in [0, 0.1) is 0 Å². The molecular weight excluding hydrogens is 444 g/mol. The number of benzene rings is 3. The smallest absolute Gasteiger partial charge is 0.285 e. The molecule has 162 valence electrons. The first-order chi connectivity index (χ1) is 15.5. The average molecular weight is 465 g/mol. The van der Waals surface area contributed by atoms with Gasteiger partial charge < -0.3 is 9.47 Å². The molecular formula is C24H20N2O4S2. The summed E-state index contributed by atoms with van der Waals surface area (Å²) in [5, 5.41) is 3.19. The van der Waals surface area contributed by atoms with Crippen molar-refractivity contribution in [1.29, 1.82) is 0 Å². The summed E-state index contributed by atoms with van der Waals surface area (Å²) in [6.45, 7) is 0. The van der Waals surface area contributed by atoms with Crippen molar-refractivity contribution in [3.05, 3.63) is 76.7 Å². The number of carbonyl (C=O) groups excluding carboxylic acids is 2. The summed E-state index contributed by atoms with van der Waals surface area (Å²) in [6, 6.07) is 19.0. The molecule has 1 fully saturated rings. The van der Waals surface area contributed by atoms with Crippen molar-refractivity contribution in [2.24, 2.45) is 0 Å². The lowest BCUT2D eigenvalue weighted by Crippen LogP contribution is -2.45. The van der Waals surface area contributed by atoms with Gasteiger partial charge in [-0.2, -0.15) is 5.01 Å². The van der Waals surface area contributed by atoms with Crippen LogP contribution in [0.4, 0.5) is 0 Å². The standard InChI is InChI=1S/C24H20N2O4S2/c1-29-19-11-10-15(12-20(19)30-2)13-21-23(28)26(24(31)32-21)25-22(27)14-17-8-5-7-16-6-3-4-9-18(16)17/h3-13H,14H2,1-2H3,(H,25,27). The zero-order chi connectivity index (χ0) is 22.7. The van der Waals surface area contributed by atoms with Crippen LogP contribution in [0.15, 0.2) is 65.6 Å². The normalized spacial score (nSPS) is 14.8. The van der Waals surface area contributed by atoms with E-state index in [9.17, 15) is 9.59 Å². The van der Waals surface area contributed by atoms with Gasteiger partial charge in [-0.15, -0.1) is 0 Å². The average Bonchev–Trinajstić information content (AvgIpc) is 3.06. The largest absolute Gasteiger partial charge is 0.493 e. The molecule has 6 nitrogen and oxygen atoms in total. The highest BCUT2D eigenvalue weighted by Crippen LogP contribution is 2.34. The number of thioether (sulfide) groups is 1. The highest BCUT2D eigenvalue weighted by atomic mass is 32.2. The van der Waals surface area contributed by atoms with E-state index < -0.39 is 0 Å². The second-order valence-electron chi connectivity index (χ2n) is 6.98. The van der Waals surface area contributed by atoms with Gasteiger partial charge >= 0.3 is 0 Å². The molecule has 0 bridgehead atoms. The van der Waals surface area contributed by atoms with Gasteiger partial charge in [0.15, 0.2) is 15.8 Å². The number of nitrogens with zero attached hydrogens (tertiary/aromatic N) is 1. The first-order valence-electron chi connectivity index (χ1n) is 9.76. The van der Waals surface area contributed by atoms with Crippen molar-refractivity contribution >= 4 is 57.0 Å². The molecule has 0 aromatic heterocycles.